The molecule has 0 saturated carbocycles. The van der Waals surface area contributed by atoms with Crippen molar-refractivity contribution >= 4 is 11.9 Å². The van der Waals surface area contributed by atoms with Crippen LogP contribution in [0.1, 0.15) is 28.4 Å². The first-order valence-electron chi connectivity index (χ1n) is 4.83. The summed E-state index contributed by atoms with van der Waals surface area (Å²) in [5.74, 6) is -0.748. The Bertz CT molecular complexity index is 455. The van der Waals surface area contributed by atoms with Crippen LogP contribution in [0.2, 0.25) is 0 Å². The van der Waals surface area contributed by atoms with Crippen molar-refractivity contribution in [2.45, 2.75) is 12.5 Å². The predicted molar refractivity (Wildman–Crippen MR) is 55.5 cm³/mol. The molecule has 84 valence electrons. The number of benzene rings is 1. The van der Waals surface area contributed by atoms with Crippen LogP contribution in [-0.2, 0) is 4.79 Å². The number of hydrogen-bond donors (Lipinski definition) is 2. The van der Waals surface area contributed by atoms with E-state index in [9.17, 15) is 9.59 Å². The Hall–Kier alpha value is -2.04. The second kappa shape index (κ2) is 3.84. The first kappa shape index (κ1) is 10.5. The molecule has 16 heavy (non-hydrogen) atoms. The largest absolute Gasteiger partial charge is 0.496 e. The van der Waals surface area contributed by atoms with E-state index in [1.807, 2.05) is 0 Å². The Balaban J connectivity index is 2.43. The highest BCUT2D eigenvalue weighted by molar-refractivity contribution is 6.02. The van der Waals surface area contributed by atoms with Crippen molar-refractivity contribution in [3.63, 3.8) is 0 Å². The van der Waals surface area contributed by atoms with Crippen LogP contribution < -0.4 is 10.1 Å². The van der Waals surface area contributed by atoms with Gasteiger partial charge in [-0.05, 0) is 11.6 Å². The minimum atomic E-state index is -0.944. The van der Waals surface area contributed by atoms with Crippen LogP contribution in [0.3, 0.4) is 0 Å². The molecule has 1 amide bonds. The van der Waals surface area contributed by atoms with Gasteiger partial charge in [0.25, 0.3) is 5.91 Å². The lowest BCUT2D eigenvalue weighted by Gasteiger charge is -2.08. The van der Waals surface area contributed by atoms with E-state index in [4.69, 9.17) is 9.84 Å². The maximum Gasteiger partial charge on any atom is 0.305 e. The number of carboxylic acid groups (broad SMARTS) is 1. The molecule has 2 rings (SSSR count). The number of carbonyl (C=O) groups excluding carboxylic acids is 1. The molecule has 0 bridgehead atoms. The maximum absolute atomic E-state index is 11.7. The summed E-state index contributed by atoms with van der Waals surface area (Å²) in [5.41, 5.74) is 1.13. The monoisotopic (exact) mass is 221 g/mol. The van der Waals surface area contributed by atoms with Gasteiger partial charge in [0.1, 0.15) is 5.75 Å². The van der Waals surface area contributed by atoms with Crippen LogP contribution in [0.15, 0.2) is 18.2 Å². The zero-order valence-corrected chi connectivity index (χ0v) is 8.69. The van der Waals surface area contributed by atoms with Crippen molar-refractivity contribution < 1.29 is 19.4 Å². The van der Waals surface area contributed by atoms with Crippen LogP contribution in [0.4, 0.5) is 0 Å². The number of amides is 1. The summed E-state index contributed by atoms with van der Waals surface area (Å²) in [6.45, 7) is 0. The van der Waals surface area contributed by atoms with Crippen molar-refractivity contribution in [1.29, 1.82) is 0 Å². The number of carbonyl (C=O) groups is 2. The van der Waals surface area contributed by atoms with Gasteiger partial charge >= 0.3 is 5.97 Å². The van der Waals surface area contributed by atoms with Crippen molar-refractivity contribution in [3.05, 3.63) is 29.3 Å². The second-order valence-electron chi connectivity index (χ2n) is 3.55. The summed E-state index contributed by atoms with van der Waals surface area (Å²) in [6, 6.07) is 4.70. The van der Waals surface area contributed by atoms with E-state index in [-0.39, 0.29) is 12.3 Å². The number of nitrogens with one attached hydrogen (secondary N) is 1. The van der Waals surface area contributed by atoms with E-state index in [0.29, 0.717) is 16.9 Å². The van der Waals surface area contributed by atoms with E-state index < -0.39 is 12.0 Å². The van der Waals surface area contributed by atoms with Crippen LogP contribution in [0.5, 0.6) is 5.75 Å². The van der Waals surface area contributed by atoms with Gasteiger partial charge in [0, 0.05) is 0 Å². The van der Waals surface area contributed by atoms with Crippen molar-refractivity contribution in [2.75, 3.05) is 7.11 Å². The molecular formula is C11H11NO4. The number of ether oxygens (including phenoxy) is 1. The number of aliphatic carboxylic acids is 1. The summed E-state index contributed by atoms with van der Waals surface area (Å²) < 4.78 is 5.07. The van der Waals surface area contributed by atoms with Gasteiger partial charge < -0.3 is 15.2 Å². The molecule has 1 atom stereocenters. The number of fused-ring (bicyclic) bond motifs is 1. The van der Waals surface area contributed by atoms with Crippen LogP contribution in [0, 0.1) is 0 Å². The number of rotatable bonds is 3. The third kappa shape index (κ3) is 1.60. The van der Waals surface area contributed by atoms with Gasteiger partial charge in [-0.1, -0.05) is 12.1 Å². The molecule has 1 aromatic rings. The highest BCUT2D eigenvalue weighted by Crippen LogP contribution is 2.33. The van der Waals surface area contributed by atoms with Gasteiger partial charge in [-0.25, -0.2) is 0 Å². The molecule has 0 saturated heterocycles. The Morgan fingerprint density at radius 1 is 1.56 bits per heavy atom. The molecule has 1 aliphatic heterocycles. The summed E-state index contributed by atoms with van der Waals surface area (Å²) >= 11 is 0. The van der Waals surface area contributed by atoms with Gasteiger partial charge in [0.15, 0.2) is 0 Å². The fourth-order valence-corrected chi connectivity index (χ4v) is 1.90. The molecule has 1 aromatic carbocycles. The highest BCUT2D eigenvalue weighted by atomic mass is 16.5. The minimum Gasteiger partial charge on any atom is -0.496 e. The van der Waals surface area contributed by atoms with E-state index in [1.54, 1.807) is 18.2 Å². The van der Waals surface area contributed by atoms with Crippen LogP contribution >= 0.6 is 0 Å². The summed E-state index contributed by atoms with van der Waals surface area (Å²) in [5, 5.41) is 11.4. The summed E-state index contributed by atoms with van der Waals surface area (Å²) in [4.78, 5) is 22.3. The Morgan fingerprint density at radius 3 is 2.94 bits per heavy atom. The van der Waals surface area contributed by atoms with E-state index in [1.165, 1.54) is 7.11 Å². The molecule has 1 aliphatic rings. The zero-order chi connectivity index (χ0) is 11.7. The fraction of sp³-hybridized carbons (Fsp3) is 0.273. The highest BCUT2D eigenvalue weighted by Gasteiger charge is 2.32. The molecule has 1 unspecified atom stereocenters. The lowest BCUT2D eigenvalue weighted by molar-refractivity contribution is -0.137. The van der Waals surface area contributed by atoms with Crippen molar-refractivity contribution in [3.8, 4) is 5.75 Å². The number of carboxylic acids is 1. The summed E-state index contributed by atoms with van der Waals surface area (Å²) in [7, 11) is 1.48. The average molecular weight is 221 g/mol. The van der Waals surface area contributed by atoms with Gasteiger partial charge in [-0.15, -0.1) is 0 Å². The first-order chi connectivity index (χ1) is 7.63. The lowest BCUT2D eigenvalue weighted by atomic mass is 10.0. The van der Waals surface area contributed by atoms with Crippen LogP contribution in [-0.4, -0.2) is 24.1 Å². The molecule has 0 aliphatic carbocycles. The number of hydrogen-bond acceptors (Lipinski definition) is 3. The second-order valence-corrected chi connectivity index (χ2v) is 3.55. The SMILES string of the molecule is COc1cccc2c1C(=O)NC2CC(=O)O. The Kier molecular flexibility index (Phi) is 2.52. The van der Waals surface area contributed by atoms with Gasteiger partial charge in [0.2, 0.25) is 0 Å². The van der Waals surface area contributed by atoms with Gasteiger partial charge in [0.05, 0.1) is 25.1 Å². The standard InChI is InChI=1S/C11H11NO4/c1-16-8-4-2-3-6-7(5-9(13)14)12-11(15)10(6)8/h2-4,7H,5H2,1H3,(H,12,15)(H,13,14). The Labute approximate surface area is 92.0 Å². The van der Waals surface area contributed by atoms with E-state index >= 15 is 0 Å². The Morgan fingerprint density at radius 2 is 2.31 bits per heavy atom. The molecule has 5 nitrogen and oxygen atoms in total. The molecule has 2 N–H and O–H groups in total. The van der Waals surface area contributed by atoms with Gasteiger partial charge in [-0.2, -0.15) is 0 Å². The fourth-order valence-electron chi connectivity index (χ4n) is 1.90. The van der Waals surface area contributed by atoms with E-state index in [2.05, 4.69) is 5.32 Å². The molecule has 0 spiro atoms. The van der Waals surface area contributed by atoms with Crippen molar-refractivity contribution in [1.82, 2.24) is 5.32 Å². The number of methoxy groups -OCH3 is 1. The molecular weight excluding hydrogens is 210 g/mol. The minimum absolute atomic E-state index is 0.119. The molecule has 1 heterocycles. The molecule has 0 fully saturated rings. The smallest absolute Gasteiger partial charge is 0.305 e. The third-order valence-corrected chi connectivity index (χ3v) is 2.56. The normalized spacial score (nSPS) is 17.8. The van der Waals surface area contributed by atoms with Gasteiger partial charge in [-0.3, -0.25) is 9.59 Å². The van der Waals surface area contributed by atoms with E-state index in [0.717, 1.165) is 0 Å². The topological polar surface area (TPSA) is 75.6 Å². The predicted octanol–water partition coefficient (Wildman–Crippen LogP) is 0.954. The zero-order valence-electron chi connectivity index (χ0n) is 8.69. The maximum atomic E-state index is 11.7. The van der Waals surface area contributed by atoms with Crippen LogP contribution in [0.25, 0.3) is 0 Å². The third-order valence-electron chi connectivity index (χ3n) is 2.56. The molecule has 5 heteroatoms. The van der Waals surface area contributed by atoms with Crippen molar-refractivity contribution in [2.24, 2.45) is 0 Å². The first-order valence-corrected chi connectivity index (χ1v) is 4.83. The lowest BCUT2D eigenvalue weighted by Crippen LogP contribution is -2.21. The molecule has 0 radical (unpaired) electrons. The average Bonchev–Trinajstić information content (AvgIpc) is 2.55. The molecule has 0 aromatic heterocycles. The summed E-state index contributed by atoms with van der Waals surface area (Å²) in [6.07, 6.45) is -0.119. The quantitative estimate of drug-likeness (QED) is 0.796.